The second-order valence-corrected chi connectivity index (χ2v) is 4.41. The summed E-state index contributed by atoms with van der Waals surface area (Å²) in [5, 5.41) is 0. The lowest BCUT2D eigenvalue weighted by Crippen LogP contribution is -1.87. The third-order valence-electron chi connectivity index (χ3n) is 3.00. The Balaban J connectivity index is 2.09. The molecular formula is C13H25N. The van der Waals surface area contributed by atoms with Crippen molar-refractivity contribution in [2.45, 2.75) is 70.6 Å². The third kappa shape index (κ3) is 7.11. The van der Waals surface area contributed by atoms with E-state index in [1.165, 1.54) is 70.6 Å². The highest BCUT2D eigenvalue weighted by Gasteiger charge is 1.93. The number of hydrogen-bond donors (Lipinski definition) is 0. The molecule has 0 radical (unpaired) electrons. The van der Waals surface area contributed by atoms with Crippen LogP contribution in [0.3, 0.4) is 0 Å². The van der Waals surface area contributed by atoms with Gasteiger partial charge in [-0.1, -0.05) is 51.4 Å². The maximum Gasteiger partial charge on any atom is 0.0385 e. The van der Waals surface area contributed by atoms with Crippen molar-refractivity contribution < 1.29 is 0 Å². The Labute approximate surface area is 89.0 Å². The van der Waals surface area contributed by atoms with Gasteiger partial charge in [0.15, 0.2) is 0 Å². The SMILES string of the molecule is C1=NCCCCCCCCCCCC1. The number of rotatable bonds is 0. The van der Waals surface area contributed by atoms with E-state index in [1.807, 2.05) is 0 Å². The molecule has 0 bridgehead atoms. The molecule has 0 aliphatic carbocycles. The largest absolute Gasteiger partial charge is 0.298 e. The van der Waals surface area contributed by atoms with Crippen LogP contribution in [0.25, 0.3) is 0 Å². The van der Waals surface area contributed by atoms with Gasteiger partial charge in [0.25, 0.3) is 0 Å². The topological polar surface area (TPSA) is 12.4 Å². The fourth-order valence-corrected chi connectivity index (χ4v) is 2.04. The van der Waals surface area contributed by atoms with Crippen molar-refractivity contribution in [3.8, 4) is 0 Å². The van der Waals surface area contributed by atoms with Gasteiger partial charge in [-0.25, -0.2) is 0 Å². The van der Waals surface area contributed by atoms with Crippen LogP contribution in [-0.4, -0.2) is 12.8 Å². The summed E-state index contributed by atoms with van der Waals surface area (Å²) < 4.78 is 0. The van der Waals surface area contributed by atoms with Crippen molar-refractivity contribution in [2.24, 2.45) is 4.99 Å². The van der Waals surface area contributed by atoms with Crippen molar-refractivity contribution in [1.82, 2.24) is 0 Å². The molecule has 1 aliphatic heterocycles. The van der Waals surface area contributed by atoms with E-state index >= 15 is 0 Å². The van der Waals surface area contributed by atoms with E-state index < -0.39 is 0 Å². The van der Waals surface area contributed by atoms with Gasteiger partial charge in [0.05, 0.1) is 0 Å². The van der Waals surface area contributed by atoms with Crippen LogP contribution in [0.1, 0.15) is 70.6 Å². The Morgan fingerprint density at radius 2 is 1.07 bits per heavy atom. The summed E-state index contributed by atoms with van der Waals surface area (Å²) in [5.41, 5.74) is 0. The summed E-state index contributed by atoms with van der Waals surface area (Å²) in [5.74, 6) is 0. The molecule has 14 heavy (non-hydrogen) atoms. The van der Waals surface area contributed by atoms with Gasteiger partial charge >= 0.3 is 0 Å². The molecule has 82 valence electrons. The van der Waals surface area contributed by atoms with Crippen molar-refractivity contribution in [3.05, 3.63) is 0 Å². The lowest BCUT2D eigenvalue weighted by molar-refractivity contribution is 0.553. The molecule has 0 aromatic rings. The predicted molar refractivity (Wildman–Crippen MR) is 64.1 cm³/mol. The predicted octanol–water partition coefficient (Wildman–Crippen LogP) is 4.36. The molecule has 1 heterocycles. The molecule has 1 heteroatoms. The minimum atomic E-state index is 1.07. The van der Waals surface area contributed by atoms with Crippen molar-refractivity contribution in [3.63, 3.8) is 0 Å². The minimum Gasteiger partial charge on any atom is -0.298 e. The zero-order valence-corrected chi connectivity index (χ0v) is 9.51. The number of nitrogens with zero attached hydrogens (tertiary/aromatic N) is 1. The Bertz CT molecular complexity index is 124. The average molecular weight is 195 g/mol. The summed E-state index contributed by atoms with van der Waals surface area (Å²) in [7, 11) is 0. The van der Waals surface area contributed by atoms with Gasteiger partial charge in [-0.15, -0.1) is 0 Å². The lowest BCUT2D eigenvalue weighted by Gasteiger charge is -2.03. The maximum atomic E-state index is 4.43. The second-order valence-electron chi connectivity index (χ2n) is 4.41. The first kappa shape index (κ1) is 11.7. The van der Waals surface area contributed by atoms with E-state index in [1.54, 1.807) is 0 Å². The van der Waals surface area contributed by atoms with E-state index in [9.17, 15) is 0 Å². The molecule has 1 rings (SSSR count). The summed E-state index contributed by atoms with van der Waals surface area (Å²) in [6.45, 7) is 1.07. The quantitative estimate of drug-likeness (QED) is 0.544. The van der Waals surface area contributed by atoms with Gasteiger partial charge in [-0.3, -0.25) is 4.99 Å². The third-order valence-corrected chi connectivity index (χ3v) is 3.00. The van der Waals surface area contributed by atoms with E-state index in [2.05, 4.69) is 11.2 Å². The molecule has 1 nitrogen and oxygen atoms in total. The summed E-state index contributed by atoms with van der Waals surface area (Å²) in [6.07, 6.45) is 17.5. The van der Waals surface area contributed by atoms with Gasteiger partial charge in [0.1, 0.15) is 0 Å². The van der Waals surface area contributed by atoms with Gasteiger partial charge in [-0.05, 0) is 25.5 Å². The van der Waals surface area contributed by atoms with Gasteiger partial charge in [-0.2, -0.15) is 0 Å². The molecule has 1 aliphatic rings. The molecule has 0 fully saturated rings. The highest BCUT2D eigenvalue weighted by atomic mass is 14.7. The Hall–Kier alpha value is -0.330. The molecule has 0 spiro atoms. The van der Waals surface area contributed by atoms with E-state index in [-0.39, 0.29) is 0 Å². The zero-order chi connectivity index (χ0) is 9.90. The van der Waals surface area contributed by atoms with Crippen LogP contribution in [0, 0.1) is 0 Å². The standard InChI is InChI=1S/C13H25N/c1-2-4-6-8-10-12-14-13-11-9-7-5-3-1/h12H,1-11,13H2. The fraction of sp³-hybridized carbons (Fsp3) is 0.923. The van der Waals surface area contributed by atoms with E-state index in [0.717, 1.165) is 6.54 Å². The monoisotopic (exact) mass is 195 g/mol. The average Bonchev–Trinajstić information content (AvgIpc) is 2.22. The molecule has 0 aromatic carbocycles. The fourth-order valence-electron chi connectivity index (χ4n) is 2.04. The summed E-state index contributed by atoms with van der Waals surface area (Å²) in [4.78, 5) is 4.43. The normalized spacial score (nSPS) is 22.9. The van der Waals surface area contributed by atoms with Crippen LogP contribution in [0.15, 0.2) is 4.99 Å². The highest BCUT2D eigenvalue weighted by Crippen LogP contribution is 2.11. The molecule has 0 unspecified atom stereocenters. The Kier molecular flexibility index (Phi) is 7.75. The first-order valence-electron chi connectivity index (χ1n) is 6.48. The van der Waals surface area contributed by atoms with Gasteiger partial charge in [0.2, 0.25) is 0 Å². The highest BCUT2D eigenvalue weighted by molar-refractivity contribution is 5.56. The van der Waals surface area contributed by atoms with Crippen LogP contribution in [0.5, 0.6) is 0 Å². The van der Waals surface area contributed by atoms with E-state index in [0.29, 0.717) is 0 Å². The molecule has 0 saturated heterocycles. The molecule has 0 atom stereocenters. The summed E-state index contributed by atoms with van der Waals surface area (Å²) in [6, 6.07) is 0. The maximum absolute atomic E-state index is 4.43. The molecule has 0 N–H and O–H groups in total. The number of aliphatic imine (C=N–C) groups is 1. The zero-order valence-electron chi connectivity index (χ0n) is 9.51. The molecule has 0 aromatic heterocycles. The van der Waals surface area contributed by atoms with Crippen molar-refractivity contribution >= 4 is 6.21 Å². The first-order chi connectivity index (χ1) is 7.00. The Morgan fingerprint density at radius 1 is 0.571 bits per heavy atom. The van der Waals surface area contributed by atoms with Crippen LogP contribution in [0.4, 0.5) is 0 Å². The molecule has 0 saturated carbocycles. The minimum absolute atomic E-state index is 1.07. The summed E-state index contributed by atoms with van der Waals surface area (Å²) >= 11 is 0. The van der Waals surface area contributed by atoms with Gasteiger partial charge < -0.3 is 0 Å². The van der Waals surface area contributed by atoms with Crippen LogP contribution < -0.4 is 0 Å². The van der Waals surface area contributed by atoms with Gasteiger partial charge in [0, 0.05) is 6.54 Å². The van der Waals surface area contributed by atoms with Crippen LogP contribution >= 0.6 is 0 Å². The van der Waals surface area contributed by atoms with Crippen molar-refractivity contribution in [1.29, 1.82) is 0 Å². The van der Waals surface area contributed by atoms with E-state index in [4.69, 9.17) is 0 Å². The van der Waals surface area contributed by atoms with Crippen LogP contribution in [-0.2, 0) is 0 Å². The number of hydrogen-bond acceptors (Lipinski definition) is 1. The van der Waals surface area contributed by atoms with Crippen LogP contribution in [0.2, 0.25) is 0 Å². The Morgan fingerprint density at radius 3 is 1.71 bits per heavy atom. The molecular weight excluding hydrogens is 170 g/mol. The second kappa shape index (κ2) is 9.23. The lowest BCUT2D eigenvalue weighted by atomic mass is 10.1. The smallest absolute Gasteiger partial charge is 0.0385 e. The first-order valence-corrected chi connectivity index (χ1v) is 6.48. The van der Waals surface area contributed by atoms with Crippen molar-refractivity contribution in [2.75, 3.05) is 6.54 Å². The molecule has 0 amide bonds.